The highest BCUT2D eigenvalue weighted by molar-refractivity contribution is 5.95. The molecule has 1 nitrogen and oxygen atoms in total. The molecular formula is C31H33N. The summed E-state index contributed by atoms with van der Waals surface area (Å²) in [6.07, 6.45) is 0. The van der Waals surface area contributed by atoms with Gasteiger partial charge in [-0.15, -0.1) is 0 Å². The number of fused-ring (bicyclic) bond motifs is 2. The predicted octanol–water partition coefficient (Wildman–Crippen LogP) is 9.57. The Bertz CT molecular complexity index is 1230. The summed E-state index contributed by atoms with van der Waals surface area (Å²) in [5.41, 5.74) is 3.70. The van der Waals surface area contributed by atoms with Crippen LogP contribution in [0.1, 0.15) is 39.2 Å². The van der Waals surface area contributed by atoms with Gasteiger partial charge in [-0.05, 0) is 45.8 Å². The first kappa shape index (κ1) is 23.1. The van der Waals surface area contributed by atoms with Gasteiger partial charge in [-0.2, -0.15) is 0 Å². The van der Waals surface area contributed by atoms with E-state index >= 15 is 0 Å². The molecule has 0 amide bonds. The van der Waals surface area contributed by atoms with Crippen LogP contribution in [0.25, 0.3) is 21.5 Å². The molecule has 0 saturated carbocycles. The quantitative estimate of drug-likeness (QED) is 0.307. The van der Waals surface area contributed by atoms with Gasteiger partial charge in [-0.3, -0.25) is 0 Å². The van der Waals surface area contributed by atoms with Crippen molar-refractivity contribution < 1.29 is 0 Å². The molecule has 5 aromatic carbocycles. The minimum atomic E-state index is 0.603. The van der Waals surface area contributed by atoms with Crippen LogP contribution in [0.5, 0.6) is 0 Å². The van der Waals surface area contributed by atoms with Crippen molar-refractivity contribution >= 4 is 32.9 Å². The Hall–Kier alpha value is -3.58. The molecule has 0 aliphatic heterocycles. The maximum atomic E-state index is 3.45. The fraction of sp³-hybridized carbons (Fsp3) is 0.161. The van der Waals surface area contributed by atoms with Crippen molar-refractivity contribution in [1.82, 2.24) is 0 Å². The third kappa shape index (κ3) is 5.76. The molecule has 0 fully saturated rings. The number of benzene rings is 5. The normalized spacial score (nSPS) is 10.2. The van der Waals surface area contributed by atoms with Crippen molar-refractivity contribution in [3.63, 3.8) is 0 Å². The van der Waals surface area contributed by atoms with E-state index < -0.39 is 0 Å². The average Bonchev–Trinajstić information content (AvgIpc) is 2.86. The molecule has 0 unspecified atom stereocenters. The summed E-state index contributed by atoms with van der Waals surface area (Å²) in [6, 6.07) is 40.0. The summed E-state index contributed by atoms with van der Waals surface area (Å²) in [7, 11) is 0. The van der Waals surface area contributed by atoms with Crippen LogP contribution >= 0.6 is 0 Å². The van der Waals surface area contributed by atoms with Gasteiger partial charge in [0.15, 0.2) is 0 Å². The largest absolute Gasteiger partial charge is 0.355 e. The van der Waals surface area contributed by atoms with Gasteiger partial charge in [0, 0.05) is 16.8 Å². The van der Waals surface area contributed by atoms with Gasteiger partial charge in [-0.1, -0.05) is 125 Å². The van der Waals surface area contributed by atoms with Gasteiger partial charge in [-0.25, -0.2) is 0 Å². The zero-order chi connectivity index (χ0) is 22.8. The van der Waals surface area contributed by atoms with Gasteiger partial charge in [0.2, 0.25) is 0 Å². The highest BCUT2D eigenvalue weighted by Gasteiger charge is 2.03. The molecule has 0 aromatic heterocycles. The minimum Gasteiger partial charge on any atom is -0.355 e. The summed E-state index contributed by atoms with van der Waals surface area (Å²) in [4.78, 5) is 0. The highest BCUT2D eigenvalue weighted by atomic mass is 14.9. The van der Waals surface area contributed by atoms with Crippen LogP contribution in [0.4, 0.5) is 11.4 Å². The Kier molecular flexibility index (Phi) is 8.45. The minimum absolute atomic E-state index is 0.603. The lowest BCUT2D eigenvalue weighted by Crippen LogP contribution is -1.90. The number of rotatable bonds is 3. The molecular weight excluding hydrogens is 386 g/mol. The van der Waals surface area contributed by atoms with E-state index in [-0.39, 0.29) is 0 Å². The summed E-state index contributed by atoms with van der Waals surface area (Å²) in [5, 5.41) is 8.68. The number of anilines is 2. The van der Waals surface area contributed by atoms with Crippen LogP contribution in [0.3, 0.4) is 0 Å². The van der Waals surface area contributed by atoms with E-state index in [9.17, 15) is 0 Å². The first-order chi connectivity index (χ1) is 15.7. The predicted molar refractivity (Wildman–Crippen MR) is 143 cm³/mol. The van der Waals surface area contributed by atoms with Crippen LogP contribution in [0, 0.1) is 0 Å². The first-order valence-electron chi connectivity index (χ1n) is 11.5. The molecule has 1 N–H and O–H groups in total. The Morgan fingerprint density at radius 3 is 1.66 bits per heavy atom. The SMILES string of the molecule is CC.CC(C)c1cccc2ccccc12.c1ccc(Nc2cccc3ccccc23)cc1. The van der Waals surface area contributed by atoms with Gasteiger partial charge in [0.25, 0.3) is 0 Å². The number of nitrogens with one attached hydrogen (secondary N) is 1. The van der Waals surface area contributed by atoms with Crippen LogP contribution in [-0.4, -0.2) is 0 Å². The molecule has 32 heavy (non-hydrogen) atoms. The third-order valence-corrected chi connectivity index (χ3v) is 5.29. The molecule has 0 aliphatic carbocycles. The molecule has 162 valence electrons. The van der Waals surface area contributed by atoms with Gasteiger partial charge in [0.1, 0.15) is 0 Å². The lowest BCUT2D eigenvalue weighted by molar-refractivity contribution is 0.876. The third-order valence-electron chi connectivity index (χ3n) is 5.29. The standard InChI is InChI=1S/C16H13N.C13H14.C2H6/c1-2-9-14(10-3-1)17-16-12-6-8-13-7-4-5-11-15(13)16;1-10(2)12-9-5-7-11-6-3-4-8-13(11)12;1-2/h1-12,17H;3-10H,1-2H3;1-2H3. The first-order valence-corrected chi connectivity index (χ1v) is 11.5. The lowest BCUT2D eigenvalue weighted by atomic mass is 9.96. The van der Waals surface area contributed by atoms with E-state index in [0.29, 0.717) is 5.92 Å². The molecule has 0 spiro atoms. The summed E-state index contributed by atoms with van der Waals surface area (Å²) >= 11 is 0. The topological polar surface area (TPSA) is 12.0 Å². The van der Waals surface area contributed by atoms with E-state index in [0.717, 1.165) is 11.4 Å². The fourth-order valence-corrected chi connectivity index (χ4v) is 3.77. The second kappa shape index (κ2) is 11.7. The van der Waals surface area contributed by atoms with Crippen molar-refractivity contribution in [2.75, 3.05) is 5.32 Å². The van der Waals surface area contributed by atoms with Crippen molar-refractivity contribution in [3.05, 3.63) is 121 Å². The van der Waals surface area contributed by atoms with Crippen LogP contribution in [0.15, 0.2) is 115 Å². The Morgan fingerprint density at radius 2 is 1.00 bits per heavy atom. The van der Waals surface area contributed by atoms with Crippen molar-refractivity contribution in [1.29, 1.82) is 0 Å². The van der Waals surface area contributed by atoms with Crippen LogP contribution in [0.2, 0.25) is 0 Å². The van der Waals surface area contributed by atoms with E-state index in [1.54, 1.807) is 0 Å². The Morgan fingerprint density at radius 1 is 0.500 bits per heavy atom. The van der Waals surface area contributed by atoms with E-state index in [4.69, 9.17) is 0 Å². The van der Waals surface area contributed by atoms with Gasteiger partial charge >= 0.3 is 0 Å². The van der Waals surface area contributed by atoms with Crippen molar-refractivity contribution in [3.8, 4) is 0 Å². The second-order valence-corrected chi connectivity index (χ2v) is 7.74. The maximum absolute atomic E-state index is 3.45. The number of hydrogen-bond acceptors (Lipinski definition) is 1. The molecule has 1 heteroatoms. The molecule has 0 radical (unpaired) electrons. The summed E-state index contributed by atoms with van der Waals surface area (Å²) in [5.74, 6) is 0.603. The molecule has 5 rings (SSSR count). The highest BCUT2D eigenvalue weighted by Crippen LogP contribution is 2.26. The monoisotopic (exact) mass is 419 g/mol. The molecule has 5 aromatic rings. The lowest BCUT2D eigenvalue weighted by Gasteiger charge is -2.09. The van der Waals surface area contributed by atoms with Crippen LogP contribution < -0.4 is 5.32 Å². The summed E-state index contributed by atoms with van der Waals surface area (Å²) in [6.45, 7) is 8.48. The number of hydrogen-bond donors (Lipinski definition) is 1. The van der Waals surface area contributed by atoms with Gasteiger partial charge in [0.05, 0.1) is 0 Å². The van der Waals surface area contributed by atoms with Crippen molar-refractivity contribution in [2.45, 2.75) is 33.6 Å². The fourth-order valence-electron chi connectivity index (χ4n) is 3.77. The van der Waals surface area contributed by atoms with E-state index in [1.165, 1.54) is 27.1 Å². The molecule has 0 heterocycles. The second-order valence-electron chi connectivity index (χ2n) is 7.74. The van der Waals surface area contributed by atoms with Crippen LogP contribution in [-0.2, 0) is 0 Å². The smallest absolute Gasteiger partial charge is 0.0463 e. The summed E-state index contributed by atoms with van der Waals surface area (Å²) < 4.78 is 0. The zero-order valence-corrected chi connectivity index (χ0v) is 19.5. The van der Waals surface area contributed by atoms with E-state index in [2.05, 4.69) is 116 Å². The molecule has 0 aliphatic rings. The molecule has 0 saturated heterocycles. The molecule has 0 atom stereocenters. The van der Waals surface area contributed by atoms with Crippen molar-refractivity contribution in [2.24, 2.45) is 0 Å². The molecule has 0 bridgehead atoms. The number of para-hydroxylation sites is 1. The van der Waals surface area contributed by atoms with E-state index in [1.807, 2.05) is 32.0 Å². The average molecular weight is 420 g/mol. The van der Waals surface area contributed by atoms with Gasteiger partial charge < -0.3 is 5.32 Å². The Labute approximate surface area is 192 Å². The zero-order valence-electron chi connectivity index (χ0n) is 19.5. The maximum Gasteiger partial charge on any atom is 0.0463 e. The Balaban J connectivity index is 0.000000173.